The first kappa shape index (κ1) is 15.8. The SMILES string of the molecule is CCC(C)SCCCC(C)(C#N)NC(C)C. The fraction of sp³-hybridized carbons (Fsp3) is 0.923. The summed E-state index contributed by atoms with van der Waals surface area (Å²) in [4.78, 5) is 0. The van der Waals surface area contributed by atoms with Gasteiger partial charge in [-0.3, -0.25) is 5.32 Å². The summed E-state index contributed by atoms with van der Waals surface area (Å²) in [6.45, 7) is 10.7. The van der Waals surface area contributed by atoms with Gasteiger partial charge in [0, 0.05) is 11.3 Å². The quantitative estimate of drug-likeness (QED) is 0.661. The molecule has 1 N–H and O–H groups in total. The van der Waals surface area contributed by atoms with Crippen LogP contribution in [-0.4, -0.2) is 22.6 Å². The Morgan fingerprint density at radius 3 is 2.44 bits per heavy atom. The number of hydrogen-bond acceptors (Lipinski definition) is 3. The number of thioether (sulfide) groups is 1. The first-order valence-electron chi connectivity index (χ1n) is 6.24. The predicted molar refractivity (Wildman–Crippen MR) is 73.7 cm³/mol. The lowest BCUT2D eigenvalue weighted by Crippen LogP contribution is -2.44. The monoisotopic (exact) mass is 242 g/mol. The van der Waals surface area contributed by atoms with Crippen molar-refractivity contribution in [2.24, 2.45) is 0 Å². The third-order valence-electron chi connectivity index (χ3n) is 2.65. The minimum Gasteiger partial charge on any atom is -0.297 e. The van der Waals surface area contributed by atoms with E-state index in [1.54, 1.807) is 0 Å². The Balaban J connectivity index is 3.84. The molecule has 16 heavy (non-hydrogen) atoms. The second kappa shape index (κ2) is 7.97. The Labute approximate surface area is 105 Å². The van der Waals surface area contributed by atoms with Gasteiger partial charge in [0.1, 0.15) is 5.54 Å². The van der Waals surface area contributed by atoms with Crippen LogP contribution in [0.1, 0.15) is 53.9 Å². The summed E-state index contributed by atoms with van der Waals surface area (Å²) in [5.41, 5.74) is -0.357. The number of hydrogen-bond donors (Lipinski definition) is 1. The Bertz CT molecular complexity index is 222. The minimum atomic E-state index is -0.357. The van der Waals surface area contributed by atoms with Gasteiger partial charge in [0.25, 0.3) is 0 Å². The molecular weight excluding hydrogens is 216 g/mol. The molecule has 2 nitrogen and oxygen atoms in total. The molecule has 0 amide bonds. The molecule has 2 unspecified atom stereocenters. The molecule has 2 atom stereocenters. The lowest BCUT2D eigenvalue weighted by atomic mass is 9.97. The molecule has 0 aromatic heterocycles. The summed E-state index contributed by atoms with van der Waals surface area (Å²) in [5, 5.41) is 13.2. The van der Waals surface area contributed by atoms with Crippen molar-refractivity contribution in [2.45, 2.75) is 70.7 Å². The zero-order valence-corrected chi connectivity index (χ0v) is 12.2. The van der Waals surface area contributed by atoms with Crippen molar-refractivity contribution in [2.75, 3.05) is 5.75 Å². The molecule has 0 fully saturated rings. The summed E-state index contributed by atoms with van der Waals surface area (Å²) in [6.07, 6.45) is 3.27. The second-order valence-corrected chi connectivity index (χ2v) is 6.48. The standard InChI is InChI=1S/C13H26N2S/c1-6-12(4)16-9-7-8-13(5,10-14)15-11(2)3/h11-12,15H,6-9H2,1-5H3. The van der Waals surface area contributed by atoms with E-state index in [1.807, 2.05) is 18.7 Å². The maximum atomic E-state index is 9.17. The van der Waals surface area contributed by atoms with E-state index in [9.17, 15) is 0 Å². The Morgan fingerprint density at radius 2 is 2.00 bits per heavy atom. The highest BCUT2D eigenvalue weighted by molar-refractivity contribution is 7.99. The van der Waals surface area contributed by atoms with Crippen LogP contribution < -0.4 is 5.32 Å². The molecule has 0 bridgehead atoms. The van der Waals surface area contributed by atoms with Gasteiger partial charge in [0.05, 0.1) is 6.07 Å². The van der Waals surface area contributed by atoms with Gasteiger partial charge in [-0.15, -0.1) is 0 Å². The average molecular weight is 242 g/mol. The van der Waals surface area contributed by atoms with Crippen molar-refractivity contribution < 1.29 is 0 Å². The Morgan fingerprint density at radius 1 is 1.38 bits per heavy atom. The molecule has 0 saturated heterocycles. The predicted octanol–water partition coefficient (Wildman–Crippen LogP) is 3.58. The van der Waals surface area contributed by atoms with Gasteiger partial charge in [-0.05, 0) is 45.8 Å². The molecule has 0 rings (SSSR count). The molecule has 0 heterocycles. The highest BCUT2D eigenvalue weighted by atomic mass is 32.2. The number of nitrogens with zero attached hydrogens (tertiary/aromatic N) is 1. The van der Waals surface area contributed by atoms with Gasteiger partial charge in [-0.2, -0.15) is 17.0 Å². The fourth-order valence-electron chi connectivity index (χ4n) is 1.63. The molecule has 0 aliphatic heterocycles. The molecule has 94 valence electrons. The zero-order valence-electron chi connectivity index (χ0n) is 11.3. The van der Waals surface area contributed by atoms with Crippen molar-refractivity contribution in [3.05, 3.63) is 0 Å². The minimum absolute atomic E-state index is 0.357. The summed E-state index contributed by atoms with van der Waals surface area (Å²) < 4.78 is 0. The van der Waals surface area contributed by atoms with E-state index in [4.69, 9.17) is 5.26 Å². The van der Waals surface area contributed by atoms with Crippen molar-refractivity contribution in [1.29, 1.82) is 5.26 Å². The highest BCUT2D eigenvalue weighted by Crippen LogP contribution is 2.19. The van der Waals surface area contributed by atoms with Gasteiger partial charge < -0.3 is 0 Å². The van der Waals surface area contributed by atoms with Crippen molar-refractivity contribution in [1.82, 2.24) is 5.32 Å². The Hall–Kier alpha value is -0.200. The summed E-state index contributed by atoms with van der Waals surface area (Å²) in [5.74, 6) is 1.16. The topological polar surface area (TPSA) is 35.8 Å². The molecule has 0 aromatic rings. The van der Waals surface area contributed by atoms with Gasteiger partial charge >= 0.3 is 0 Å². The summed E-state index contributed by atoms with van der Waals surface area (Å²) in [6, 6.07) is 2.76. The van der Waals surface area contributed by atoms with E-state index < -0.39 is 0 Å². The van der Waals surface area contributed by atoms with Crippen LogP contribution in [0.15, 0.2) is 0 Å². The Kier molecular flexibility index (Phi) is 7.87. The van der Waals surface area contributed by atoms with E-state index in [0.29, 0.717) is 6.04 Å². The third kappa shape index (κ3) is 7.14. The van der Waals surface area contributed by atoms with Crippen molar-refractivity contribution in [3.63, 3.8) is 0 Å². The molecule has 0 aromatic carbocycles. The van der Waals surface area contributed by atoms with Crippen molar-refractivity contribution in [3.8, 4) is 6.07 Å². The lowest BCUT2D eigenvalue weighted by Gasteiger charge is -2.25. The maximum absolute atomic E-state index is 9.17. The average Bonchev–Trinajstić information content (AvgIpc) is 2.23. The third-order valence-corrected chi connectivity index (χ3v) is 4.08. The van der Waals surface area contributed by atoms with Gasteiger partial charge in [-0.1, -0.05) is 13.8 Å². The second-order valence-electron chi connectivity index (χ2n) is 4.94. The van der Waals surface area contributed by atoms with Crippen LogP contribution in [0.2, 0.25) is 0 Å². The maximum Gasteiger partial charge on any atom is 0.104 e. The molecule has 0 aliphatic carbocycles. The van der Waals surface area contributed by atoms with Gasteiger partial charge in [0.2, 0.25) is 0 Å². The van der Waals surface area contributed by atoms with Crippen LogP contribution in [-0.2, 0) is 0 Å². The normalized spacial score (nSPS) is 16.8. The van der Waals surface area contributed by atoms with E-state index in [0.717, 1.165) is 23.8 Å². The number of nitrogens with one attached hydrogen (secondary N) is 1. The van der Waals surface area contributed by atoms with Crippen LogP contribution in [0, 0.1) is 11.3 Å². The van der Waals surface area contributed by atoms with E-state index in [1.165, 1.54) is 6.42 Å². The highest BCUT2D eigenvalue weighted by Gasteiger charge is 2.23. The molecule has 0 aliphatic rings. The van der Waals surface area contributed by atoms with Gasteiger partial charge in [0.15, 0.2) is 0 Å². The first-order valence-corrected chi connectivity index (χ1v) is 7.29. The van der Waals surface area contributed by atoms with Gasteiger partial charge in [-0.25, -0.2) is 0 Å². The number of nitriles is 1. The van der Waals surface area contributed by atoms with Crippen LogP contribution in [0.3, 0.4) is 0 Å². The zero-order chi connectivity index (χ0) is 12.6. The first-order chi connectivity index (χ1) is 7.43. The summed E-state index contributed by atoms with van der Waals surface area (Å²) >= 11 is 2.01. The summed E-state index contributed by atoms with van der Waals surface area (Å²) in [7, 11) is 0. The van der Waals surface area contributed by atoms with E-state index in [-0.39, 0.29) is 5.54 Å². The smallest absolute Gasteiger partial charge is 0.104 e. The van der Waals surface area contributed by atoms with Crippen LogP contribution in [0.4, 0.5) is 0 Å². The molecule has 0 radical (unpaired) electrons. The van der Waals surface area contributed by atoms with Crippen molar-refractivity contribution >= 4 is 11.8 Å². The van der Waals surface area contributed by atoms with Crippen LogP contribution in [0.25, 0.3) is 0 Å². The molecular formula is C13H26N2S. The molecule has 0 spiro atoms. The molecule has 3 heteroatoms. The van der Waals surface area contributed by atoms with Crippen LogP contribution in [0.5, 0.6) is 0 Å². The van der Waals surface area contributed by atoms with E-state index in [2.05, 4.69) is 39.1 Å². The molecule has 0 saturated carbocycles. The number of rotatable bonds is 8. The van der Waals surface area contributed by atoms with E-state index >= 15 is 0 Å². The van der Waals surface area contributed by atoms with Crippen LogP contribution >= 0.6 is 11.8 Å². The largest absolute Gasteiger partial charge is 0.297 e. The fourth-order valence-corrected chi connectivity index (χ4v) is 2.57. The lowest BCUT2D eigenvalue weighted by molar-refractivity contribution is 0.380.